The highest BCUT2D eigenvalue weighted by molar-refractivity contribution is 7.25. The highest BCUT2D eigenvalue weighted by Crippen LogP contribution is 2.50. The van der Waals surface area contributed by atoms with Crippen LogP contribution in [0, 0.1) is 0 Å². The fourth-order valence-electron chi connectivity index (χ4n) is 8.26. The molecule has 0 saturated heterocycles. The molecule has 0 unspecified atom stereocenters. The first-order valence-electron chi connectivity index (χ1n) is 17.7. The van der Waals surface area contributed by atoms with Gasteiger partial charge < -0.3 is 4.90 Å². The van der Waals surface area contributed by atoms with Gasteiger partial charge in [-0.1, -0.05) is 129 Å². The molecule has 242 valence electrons. The summed E-state index contributed by atoms with van der Waals surface area (Å²) in [5.41, 5.74) is 13.9. The van der Waals surface area contributed by atoms with Gasteiger partial charge >= 0.3 is 0 Å². The zero-order chi connectivity index (χ0) is 34.1. The first-order chi connectivity index (χ1) is 25.0. The number of nitrogens with zero attached hydrogens (tertiary/aromatic N) is 1. The lowest BCUT2D eigenvalue weighted by atomic mass is 9.81. The van der Waals surface area contributed by atoms with E-state index >= 15 is 0 Å². The quantitative estimate of drug-likeness (QED) is 0.176. The number of thiophene rings is 1. The molecule has 0 saturated carbocycles. The summed E-state index contributed by atoms with van der Waals surface area (Å²) in [6.45, 7) is 4.71. The van der Waals surface area contributed by atoms with Gasteiger partial charge in [0.15, 0.2) is 0 Å². The molecule has 0 fully saturated rings. The number of benzene rings is 8. The lowest BCUT2D eigenvalue weighted by Crippen LogP contribution is -2.14. The minimum Gasteiger partial charge on any atom is -0.310 e. The van der Waals surface area contributed by atoms with Crippen LogP contribution < -0.4 is 4.90 Å². The Morgan fingerprint density at radius 3 is 1.84 bits per heavy atom. The van der Waals surface area contributed by atoms with Gasteiger partial charge in [-0.15, -0.1) is 11.3 Å². The van der Waals surface area contributed by atoms with Crippen LogP contribution in [0.4, 0.5) is 17.1 Å². The van der Waals surface area contributed by atoms with Gasteiger partial charge in [-0.2, -0.15) is 0 Å². The van der Waals surface area contributed by atoms with E-state index in [1.54, 1.807) is 0 Å². The summed E-state index contributed by atoms with van der Waals surface area (Å²) < 4.78 is 2.61. The fourth-order valence-corrected chi connectivity index (χ4v) is 9.33. The van der Waals surface area contributed by atoms with Crippen molar-refractivity contribution in [1.29, 1.82) is 0 Å². The number of hydrogen-bond acceptors (Lipinski definition) is 2. The second kappa shape index (κ2) is 11.6. The van der Waals surface area contributed by atoms with E-state index in [9.17, 15) is 0 Å². The Hall–Kier alpha value is -5.96. The number of fused-ring (bicyclic) bond motifs is 7. The SMILES string of the molecule is CC1(C)c2ccccc2-c2ccc(-c3ccc4sc5ccc(N(c6ccccc6)c6ccc(-c7cccc8ccccc78)cc6)cc5c4c3)cc21. The first-order valence-corrected chi connectivity index (χ1v) is 18.5. The maximum atomic E-state index is 2.43. The van der Waals surface area contributed by atoms with Gasteiger partial charge in [0.05, 0.1) is 0 Å². The number of hydrogen-bond donors (Lipinski definition) is 0. The molecule has 0 radical (unpaired) electrons. The lowest BCUT2D eigenvalue weighted by Gasteiger charge is -2.26. The van der Waals surface area contributed by atoms with E-state index in [0.717, 1.165) is 17.1 Å². The maximum absolute atomic E-state index is 2.43. The maximum Gasteiger partial charge on any atom is 0.0468 e. The molecule has 0 spiro atoms. The molecule has 1 heterocycles. The predicted octanol–water partition coefficient (Wildman–Crippen LogP) is 14.3. The van der Waals surface area contributed by atoms with Gasteiger partial charge in [-0.25, -0.2) is 0 Å². The minimum atomic E-state index is -0.0238. The van der Waals surface area contributed by atoms with Crippen molar-refractivity contribution in [2.45, 2.75) is 19.3 Å². The largest absolute Gasteiger partial charge is 0.310 e. The molecular formula is C49H35NS. The third kappa shape index (κ3) is 4.82. The third-order valence-corrected chi connectivity index (χ3v) is 12.0. The van der Waals surface area contributed by atoms with Crippen LogP contribution in [0.3, 0.4) is 0 Å². The summed E-state index contributed by atoms with van der Waals surface area (Å²) in [4.78, 5) is 2.37. The zero-order valence-electron chi connectivity index (χ0n) is 28.6. The van der Waals surface area contributed by atoms with E-state index in [-0.39, 0.29) is 5.41 Å². The summed E-state index contributed by atoms with van der Waals surface area (Å²) in [5, 5.41) is 5.12. The Bertz CT molecular complexity index is 2770. The van der Waals surface area contributed by atoms with Gasteiger partial charge in [0.25, 0.3) is 0 Å². The van der Waals surface area contributed by atoms with E-state index in [4.69, 9.17) is 0 Å². The minimum absolute atomic E-state index is 0.0238. The molecule has 8 aromatic carbocycles. The number of anilines is 3. The second-order valence-corrected chi connectivity index (χ2v) is 15.3. The van der Waals surface area contributed by atoms with Crippen molar-refractivity contribution >= 4 is 59.3 Å². The van der Waals surface area contributed by atoms with Gasteiger partial charge in [-0.05, 0) is 116 Å². The van der Waals surface area contributed by atoms with Crippen molar-refractivity contribution in [2.75, 3.05) is 4.90 Å². The molecule has 2 heteroatoms. The van der Waals surface area contributed by atoms with Crippen molar-refractivity contribution in [3.05, 3.63) is 187 Å². The molecule has 51 heavy (non-hydrogen) atoms. The van der Waals surface area contributed by atoms with Gasteiger partial charge in [-0.3, -0.25) is 0 Å². The Morgan fingerprint density at radius 2 is 0.980 bits per heavy atom. The summed E-state index contributed by atoms with van der Waals surface area (Å²) >= 11 is 1.87. The van der Waals surface area contributed by atoms with Crippen LogP contribution >= 0.6 is 11.3 Å². The van der Waals surface area contributed by atoms with E-state index in [1.165, 1.54) is 75.5 Å². The van der Waals surface area contributed by atoms with Crippen LogP contribution in [0.5, 0.6) is 0 Å². The molecule has 9 aromatic rings. The summed E-state index contributed by atoms with van der Waals surface area (Å²) in [6, 6.07) is 64.8. The van der Waals surface area contributed by atoms with Crippen molar-refractivity contribution < 1.29 is 0 Å². The topological polar surface area (TPSA) is 3.24 Å². The Kier molecular flexibility index (Phi) is 6.78. The molecule has 0 aliphatic heterocycles. The number of para-hydroxylation sites is 1. The molecule has 1 nitrogen and oxygen atoms in total. The van der Waals surface area contributed by atoms with Gasteiger partial charge in [0.1, 0.15) is 0 Å². The molecule has 0 N–H and O–H groups in total. The molecule has 1 aromatic heterocycles. The predicted molar refractivity (Wildman–Crippen MR) is 220 cm³/mol. The monoisotopic (exact) mass is 669 g/mol. The average molecular weight is 670 g/mol. The molecule has 0 amide bonds. The summed E-state index contributed by atoms with van der Waals surface area (Å²) in [5.74, 6) is 0. The summed E-state index contributed by atoms with van der Waals surface area (Å²) in [6.07, 6.45) is 0. The number of rotatable bonds is 5. The first kappa shape index (κ1) is 29.9. The fraction of sp³-hybridized carbons (Fsp3) is 0.0612. The van der Waals surface area contributed by atoms with Crippen molar-refractivity contribution in [3.63, 3.8) is 0 Å². The zero-order valence-corrected chi connectivity index (χ0v) is 29.4. The van der Waals surface area contributed by atoms with Crippen molar-refractivity contribution in [2.24, 2.45) is 0 Å². The Morgan fingerprint density at radius 1 is 0.392 bits per heavy atom. The smallest absolute Gasteiger partial charge is 0.0468 e. The van der Waals surface area contributed by atoms with E-state index in [0.29, 0.717) is 0 Å². The molecule has 10 rings (SSSR count). The van der Waals surface area contributed by atoms with Crippen LogP contribution in [0.2, 0.25) is 0 Å². The van der Waals surface area contributed by atoms with E-state index in [2.05, 4.69) is 195 Å². The Balaban J connectivity index is 1.07. The molecule has 1 aliphatic rings. The third-order valence-electron chi connectivity index (χ3n) is 10.9. The normalized spacial score (nSPS) is 13.1. The van der Waals surface area contributed by atoms with Crippen LogP contribution in [0.15, 0.2) is 176 Å². The molecule has 1 aliphatic carbocycles. The van der Waals surface area contributed by atoms with E-state index in [1.807, 2.05) is 11.3 Å². The van der Waals surface area contributed by atoms with Crippen LogP contribution in [-0.2, 0) is 5.41 Å². The standard InChI is InChI=1S/C49H35NS/c1-49(2)45-18-9-8-16-41(45)42-26-21-35(30-46(42)49)34-22-27-47-43(29-34)44-31-38(25-28-48(44)51-47)50(36-13-4-3-5-14-36)37-23-19-33(20-24-37)40-17-10-12-32-11-6-7-15-39(32)40/h3-31H,1-2H3. The average Bonchev–Trinajstić information content (AvgIpc) is 3.66. The van der Waals surface area contributed by atoms with E-state index < -0.39 is 0 Å². The van der Waals surface area contributed by atoms with Crippen LogP contribution in [0.25, 0.3) is 64.3 Å². The molecular weight excluding hydrogens is 635 g/mol. The highest BCUT2D eigenvalue weighted by atomic mass is 32.1. The molecule has 0 atom stereocenters. The van der Waals surface area contributed by atoms with Crippen molar-refractivity contribution in [3.8, 4) is 33.4 Å². The Labute approximate surface area is 302 Å². The van der Waals surface area contributed by atoms with Crippen molar-refractivity contribution in [1.82, 2.24) is 0 Å². The summed E-state index contributed by atoms with van der Waals surface area (Å²) in [7, 11) is 0. The van der Waals surface area contributed by atoms with Gasteiger partial charge in [0.2, 0.25) is 0 Å². The van der Waals surface area contributed by atoms with Gasteiger partial charge in [0, 0.05) is 42.6 Å². The molecule has 0 bridgehead atoms. The highest BCUT2D eigenvalue weighted by Gasteiger charge is 2.35. The van der Waals surface area contributed by atoms with Crippen LogP contribution in [-0.4, -0.2) is 0 Å². The lowest BCUT2D eigenvalue weighted by molar-refractivity contribution is 0.660. The second-order valence-electron chi connectivity index (χ2n) is 14.2. The van der Waals surface area contributed by atoms with Crippen LogP contribution in [0.1, 0.15) is 25.0 Å².